The average Bonchev–Trinajstić information content (AvgIpc) is 3.05. The van der Waals surface area contributed by atoms with Crippen LogP contribution in [0.3, 0.4) is 0 Å². The average molecular weight is 372 g/mol. The second kappa shape index (κ2) is 7.72. The fourth-order valence-corrected chi connectivity index (χ4v) is 3.45. The van der Waals surface area contributed by atoms with Gasteiger partial charge in [0.25, 0.3) is 5.91 Å². The van der Waals surface area contributed by atoms with Gasteiger partial charge in [-0.25, -0.2) is 0 Å². The van der Waals surface area contributed by atoms with Gasteiger partial charge >= 0.3 is 0 Å². The van der Waals surface area contributed by atoms with Crippen LogP contribution in [0.1, 0.15) is 26.4 Å². The van der Waals surface area contributed by atoms with Crippen molar-refractivity contribution < 1.29 is 9.53 Å². The monoisotopic (exact) mass is 371 g/mol. The molecule has 1 N–H and O–H groups in total. The lowest BCUT2D eigenvalue weighted by molar-refractivity contribution is 0.103. The molecule has 1 heterocycles. The van der Waals surface area contributed by atoms with Crippen molar-refractivity contribution in [1.29, 1.82) is 0 Å². The molecule has 0 saturated carbocycles. The second-order valence-electron chi connectivity index (χ2n) is 5.79. The Bertz CT molecular complexity index is 884. The van der Waals surface area contributed by atoms with Crippen molar-refractivity contribution in [1.82, 2.24) is 0 Å². The van der Waals surface area contributed by atoms with Gasteiger partial charge in [-0.15, -0.1) is 11.3 Å². The molecule has 0 bridgehead atoms. The summed E-state index contributed by atoms with van der Waals surface area (Å²) in [4.78, 5) is 13.2. The molecule has 0 saturated heterocycles. The van der Waals surface area contributed by atoms with E-state index >= 15 is 0 Å². The van der Waals surface area contributed by atoms with Crippen molar-refractivity contribution in [3.8, 4) is 5.75 Å². The molecule has 0 aliphatic rings. The smallest absolute Gasteiger partial charge is 0.265 e. The minimum Gasteiger partial charge on any atom is -0.489 e. The van der Waals surface area contributed by atoms with E-state index in [1.807, 2.05) is 55.6 Å². The van der Waals surface area contributed by atoms with Crippen molar-refractivity contribution in [3.05, 3.63) is 80.5 Å². The highest BCUT2D eigenvalue weighted by atomic mass is 35.5. The summed E-state index contributed by atoms with van der Waals surface area (Å²) >= 11 is 7.35. The van der Waals surface area contributed by atoms with Crippen molar-refractivity contribution in [3.63, 3.8) is 0 Å². The van der Waals surface area contributed by atoms with E-state index in [9.17, 15) is 4.79 Å². The molecule has 5 heteroatoms. The zero-order valence-corrected chi connectivity index (χ0v) is 15.6. The van der Waals surface area contributed by atoms with Gasteiger partial charge in [0, 0.05) is 16.3 Å². The third kappa shape index (κ3) is 4.41. The molecule has 0 atom stereocenters. The van der Waals surface area contributed by atoms with Gasteiger partial charge in [0.2, 0.25) is 0 Å². The molecule has 2 aromatic carbocycles. The molecular weight excluding hydrogens is 354 g/mol. The van der Waals surface area contributed by atoms with Crippen LogP contribution in [0.25, 0.3) is 0 Å². The molecule has 1 amide bonds. The van der Waals surface area contributed by atoms with Crippen LogP contribution < -0.4 is 10.1 Å². The molecule has 0 aliphatic carbocycles. The number of ether oxygens (including phenoxy) is 1. The van der Waals surface area contributed by atoms with Gasteiger partial charge in [-0.3, -0.25) is 4.79 Å². The SMILES string of the molecule is Cc1cccc(C)c1NC(=O)c1cc(COc2cccc(Cl)c2)cs1. The standard InChI is InChI=1S/C20H18ClNO2S/c1-13-5-3-6-14(2)19(13)22-20(23)18-9-15(12-25-18)11-24-17-8-4-7-16(21)10-17/h3-10,12H,11H2,1-2H3,(H,22,23). The van der Waals surface area contributed by atoms with Gasteiger partial charge in [-0.1, -0.05) is 35.9 Å². The summed E-state index contributed by atoms with van der Waals surface area (Å²) in [5.74, 6) is 0.608. The van der Waals surface area contributed by atoms with E-state index in [1.54, 1.807) is 12.1 Å². The predicted molar refractivity (Wildman–Crippen MR) is 104 cm³/mol. The highest BCUT2D eigenvalue weighted by Crippen LogP contribution is 2.23. The summed E-state index contributed by atoms with van der Waals surface area (Å²) in [6, 6.07) is 15.1. The summed E-state index contributed by atoms with van der Waals surface area (Å²) in [5.41, 5.74) is 3.93. The van der Waals surface area contributed by atoms with Crippen molar-refractivity contribution in [2.75, 3.05) is 5.32 Å². The van der Waals surface area contributed by atoms with Gasteiger partial charge in [-0.2, -0.15) is 0 Å². The number of hydrogen-bond donors (Lipinski definition) is 1. The number of carbonyl (C=O) groups excluding carboxylic acids is 1. The number of halogens is 1. The highest BCUT2D eigenvalue weighted by Gasteiger charge is 2.12. The first-order chi connectivity index (χ1) is 12.0. The van der Waals surface area contributed by atoms with Crippen molar-refractivity contribution >= 4 is 34.5 Å². The topological polar surface area (TPSA) is 38.3 Å². The lowest BCUT2D eigenvalue weighted by Crippen LogP contribution is -2.12. The van der Waals surface area contributed by atoms with E-state index in [2.05, 4.69) is 5.32 Å². The third-order valence-electron chi connectivity index (χ3n) is 3.80. The molecule has 0 spiro atoms. The Balaban J connectivity index is 1.65. The summed E-state index contributed by atoms with van der Waals surface area (Å²) in [6.07, 6.45) is 0. The van der Waals surface area contributed by atoms with Crippen molar-refractivity contribution in [2.24, 2.45) is 0 Å². The number of para-hydroxylation sites is 1. The first-order valence-corrected chi connectivity index (χ1v) is 9.12. The van der Waals surface area contributed by atoms with E-state index in [1.165, 1.54) is 11.3 Å². The third-order valence-corrected chi connectivity index (χ3v) is 5.01. The number of nitrogens with one attached hydrogen (secondary N) is 1. The van der Waals surface area contributed by atoms with Crippen LogP contribution in [-0.2, 0) is 6.61 Å². The Morgan fingerprint density at radius 2 is 1.84 bits per heavy atom. The Kier molecular flexibility index (Phi) is 5.41. The van der Waals surface area contributed by atoms with Gasteiger partial charge < -0.3 is 10.1 Å². The van der Waals surface area contributed by atoms with Gasteiger partial charge in [-0.05, 0) is 54.6 Å². The zero-order chi connectivity index (χ0) is 17.8. The van der Waals surface area contributed by atoms with Crippen LogP contribution in [0.5, 0.6) is 5.75 Å². The highest BCUT2D eigenvalue weighted by molar-refractivity contribution is 7.12. The number of benzene rings is 2. The molecule has 3 aromatic rings. The Labute approximate surface area is 156 Å². The van der Waals surface area contributed by atoms with Crippen molar-refractivity contribution in [2.45, 2.75) is 20.5 Å². The molecule has 0 aliphatic heterocycles. The van der Waals surface area contributed by atoms with Crippen LogP contribution in [0.2, 0.25) is 5.02 Å². The van der Waals surface area contributed by atoms with Gasteiger partial charge in [0.05, 0.1) is 4.88 Å². The number of rotatable bonds is 5. The fourth-order valence-electron chi connectivity index (χ4n) is 2.48. The van der Waals surface area contributed by atoms with E-state index in [4.69, 9.17) is 16.3 Å². The summed E-state index contributed by atoms with van der Waals surface area (Å²) in [5, 5.41) is 5.57. The maximum absolute atomic E-state index is 12.5. The van der Waals surface area contributed by atoms with Crippen LogP contribution in [0, 0.1) is 13.8 Å². The Morgan fingerprint density at radius 3 is 2.56 bits per heavy atom. The fraction of sp³-hybridized carbons (Fsp3) is 0.150. The lowest BCUT2D eigenvalue weighted by atomic mass is 10.1. The van der Waals surface area contributed by atoms with Gasteiger partial charge in [0.15, 0.2) is 0 Å². The number of aryl methyl sites for hydroxylation is 2. The number of anilines is 1. The second-order valence-corrected chi connectivity index (χ2v) is 7.13. The first kappa shape index (κ1) is 17.5. The Hall–Kier alpha value is -2.30. The summed E-state index contributed by atoms with van der Waals surface area (Å²) in [6.45, 7) is 4.37. The molecule has 0 fully saturated rings. The largest absolute Gasteiger partial charge is 0.489 e. The minimum absolute atomic E-state index is 0.101. The van der Waals surface area contributed by atoms with E-state index < -0.39 is 0 Å². The van der Waals surface area contributed by atoms with Crippen LogP contribution >= 0.6 is 22.9 Å². The molecule has 128 valence electrons. The number of thiophene rings is 1. The zero-order valence-electron chi connectivity index (χ0n) is 14.0. The molecule has 3 nitrogen and oxygen atoms in total. The molecule has 3 rings (SSSR count). The van der Waals surface area contributed by atoms with E-state index in [0.29, 0.717) is 22.3 Å². The first-order valence-electron chi connectivity index (χ1n) is 7.86. The quantitative estimate of drug-likeness (QED) is 0.610. The van der Waals surface area contributed by atoms with Crippen LogP contribution in [0.4, 0.5) is 5.69 Å². The maximum atomic E-state index is 12.5. The maximum Gasteiger partial charge on any atom is 0.265 e. The number of hydrogen-bond acceptors (Lipinski definition) is 3. The molecular formula is C20H18ClNO2S. The molecule has 0 unspecified atom stereocenters. The minimum atomic E-state index is -0.101. The lowest BCUT2D eigenvalue weighted by Gasteiger charge is -2.10. The van der Waals surface area contributed by atoms with E-state index in [0.717, 1.165) is 22.4 Å². The predicted octanol–water partition coefficient (Wildman–Crippen LogP) is 5.85. The Morgan fingerprint density at radius 1 is 1.12 bits per heavy atom. The molecule has 0 radical (unpaired) electrons. The normalized spacial score (nSPS) is 10.5. The molecule has 1 aromatic heterocycles. The van der Waals surface area contributed by atoms with E-state index in [-0.39, 0.29) is 5.91 Å². The van der Waals surface area contributed by atoms with Crippen LogP contribution in [-0.4, -0.2) is 5.91 Å². The number of amides is 1. The summed E-state index contributed by atoms with van der Waals surface area (Å²) in [7, 11) is 0. The van der Waals surface area contributed by atoms with Crippen LogP contribution in [0.15, 0.2) is 53.9 Å². The summed E-state index contributed by atoms with van der Waals surface area (Å²) < 4.78 is 5.71. The van der Waals surface area contributed by atoms with Gasteiger partial charge in [0.1, 0.15) is 12.4 Å². The molecule has 25 heavy (non-hydrogen) atoms. The number of carbonyl (C=O) groups is 1.